The number of nitrogens with zero attached hydrogens (tertiary/aromatic N) is 3. The van der Waals surface area contributed by atoms with E-state index < -0.39 is 22.6 Å². The van der Waals surface area contributed by atoms with Gasteiger partial charge in [0, 0.05) is 31.2 Å². The fraction of sp³-hybridized carbons (Fsp3) is 0.714. The first kappa shape index (κ1) is 24.3. The molecule has 1 aromatic carbocycles. The van der Waals surface area contributed by atoms with Crippen molar-refractivity contribution in [2.45, 2.75) is 55.6 Å². The van der Waals surface area contributed by atoms with Crippen LogP contribution in [0, 0.1) is 0 Å². The lowest BCUT2D eigenvalue weighted by molar-refractivity contribution is -0.136. The standard InChI is InChI=1S/C21H33F3N4O2S/c22-21(23,24)10-3-13-27-14-8-19(9-15-27)28(17-16-26-11-1-2-12-26)31(29,30)20-6-4-18(25)5-7-20/h4-7,19H,1-3,8-17,25H2. The van der Waals surface area contributed by atoms with E-state index in [-0.39, 0.29) is 17.4 Å². The van der Waals surface area contributed by atoms with Crippen LogP contribution in [0.2, 0.25) is 0 Å². The van der Waals surface area contributed by atoms with Crippen LogP contribution < -0.4 is 5.73 Å². The van der Waals surface area contributed by atoms with Gasteiger partial charge in [-0.15, -0.1) is 0 Å². The van der Waals surface area contributed by atoms with Crippen LogP contribution in [-0.4, -0.2) is 80.6 Å². The van der Waals surface area contributed by atoms with Crippen molar-refractivity contribution in [2.75, 3.05) is 51.5 Å². The highest BCUT2D eigenvalue weighted by molar-refractivity contribution is 7.89. The van der Waals surface area contributed by atoms with Gasteiger partial charge in [0.1, 0.15) is 0 Å². The molecule has 2 aliphatic heterocycles. The Balaban J connectivity index is 1.64. The van der Waals surface area contributed by atoms with Gasteiger partial charge in [-0.25, -0.2) is 8.42 Å². The third-order valence-electron chi connectivity index (χ3n) is 6.22. The molecule has 2 heterocycles. The molecule has 0 aliphatic carbocycles. The minimum atomic E-state index is -4.13. The Labute approximate surface area is 183 Å². The van der Waals surface area contributed by atoms with Crippen LogP contribution in [0.3, 0.4) is 0 Å². The van der Waals surface area contributed by atoms with E-state index >= 15 is 0 Å². The van der Waals surface area contributed by atoms with E-state index in [1.807, 2.05) is 4.90 Å². The number of alkyl halides is 3. The molecule has 0 atom stereocenters. The Hall–Kier alpha value is -1.36. The van der Waals surface area contributed by atoms with Gasteiger partial charge in [-0.05, 0) is 89.1 Å². The highest BCUT2D eigenvalue weighted by atomic mass is 32.2. The Morgan fingerprint density at radius 2 is 1.55 bits per heavy atom. The summed E-state index contributed by atoms with van der Waals surface area (Å²) in [7, 11) is -3.68. The molecular weight excluding hydrogens is 429 g/mol. The summed E-state index contributed by atoms with van der Waals surface area (Å²) in [5, 5.41) is 0. The average molecular weight is 463 g/mol. The van der Waals surface area contributed by atoms with Crippen molar-refractivity contribution in [3.8, 4) is 0 Å². The zero-order chi connectivity index (χ0) is 22.5. The normalized spacial score (nSPS) is 20.0. The zero-order valence-electron chi connectivity index (χ0n) is 17.9. The van der Waals surface area contributed by atoms with Crippen molar-refractivity contribution in [1.29, 1.82) is 0 Å². The second-order valence-electron chi connectivity index (χ2n) is 8.53. The molecule has 6 nitrogen and oxygen atoms in total. The zero-order valence-corrected chi connectivity index (χ0v) is 18.7. The number of hydrogen-bond donors (Lipinski definition) is 1. The number of nitrogen functional groups attached to an aromatic ring is 1. The van der Waals surface area contributed by atoms with Gasteiger partial charge < -0.3 is 15.5 Å². The quantitative estimate of drug-likeness (QED) is 0.571. The fourth-order valence-electron chi connectivity index (χ4n) is 4.45. The molecule has 0 radical (unpaired) electrons. The highest BCUT2D eigenvalue weighted by Gasteiger charge is 2.34. The summed E-state index contributed by atoms with van der Waals surface area (Å²) in [4.78, 5) is 4.53. The van der Waals surface area contributed by atoms with E-state index in [9.17, 15) is 21.6 Å². The summed E-state index contributed by atoms with van der Waals surface area (Å²) >= 11 is 0. The number of hydrogen-bond acceptors (Lipinski definition) is 5. The maximum absolute atomic E-state index is 13.4. The van der Waals surface area contributed by atoms with Gasteiger partial charge >= 0.3 is 6.18 Å². The molecule has 0 aromatic heterocycles. The van der Waals surface area contributed by atoms with Crippen molar-refractivity contribution in [2.24, 2.45) is 0 Å². The summed E-state index contributed by atoms with van der Waals surface area (Å²) < 4.78 is 65.7. The van der Waals surface area contributed by atoms with Gasteiger partial charge in [0.25, 0.3) is 0 Å². The Morgan fingerprint density at radius 1 is 0.968 bits per heavy atom. The predicted molar refractivity (Wildman–Crippen MR) is 115 cm³/mol. The number of nitrogens with two attached hydrogens (primary N) is 1. The molecule has 176 valence electrons. The number of piperidine rings is 1. The third-order valence-corrected chi connectivity index (χ3v) is 8.19. The summed E-state index contributed by atoms with van der Waals surface area (Å²) in [6.07, 6.45) is -1.29. The number of rotatable bonds is 9. The van der Waals surface area contributed by atoms with E-state index in [4.69, 9.17) is 5.73 Å². The minimum absolute atomic E-state index is 0.0799. The van der Waals surface area contributed by atoms with Crippen molar-refractivity contribution in [3.05, 3.63) is 24.3 Å². The molecule has 2 N–H and O–H groups in total. The topological polar surface area (TPSA) is 69.9 Å². The second kappa shape index (κ2) is 10.5. The first-order chi connectivity index (χ1) is 14.6. The van der Waals surface area contributed by atoms with Crippen LogP contribution >= 0.6 is 0 Å². The number of benzene rings is 1. The van der Waals surface area contributed by atoms with E-state index in [0.717, 1.165) is 25.9 Å². The van der Waals surface area contributed by atoms with Gasteiger partial charge in [0.15, 0.2) is 0 Å². The van der Waals surface area contributed by atoms with Crippen molar-refractivity contribution >= 4 is 15.7 Å². The molecule has 31 heavy (non-hydrogen) atoms. The lowest BCUT2D eigenvalue weighted by Gasteiger charge is -2.38. The molecule has 0 saturated carbocycles. The van der Waals surface area contributed by atoms with Crippen LogP contribution in [-0.2, 0) is 10.0 Å². The van der Waals surface area contributed by atoms with Gasteiger partial charge in [0.05, 0.1) is 4.90 Å². The number of sulfonamides is 1. The summed E-state index contributed by atoms with van der Waals surface area (Å²) in [5.41, 5.74) is 6.23. The molecule has 1 aromatic rings. The third kappa shape index (κ3) is 7.06. The summed E-state index contributed by atoms with van der Waals surface area (Å²) in [5.74, 6) is 0. The summed E-state index contributed by atoms with van der Waals surface area (Å²) in [6.45, 7) is 4.72. The van der Waals surface area contributed by atoms with Crippen LogP contribution in [0.1, 0.15) is 38.5 Å². The average Bonchev–Trinajstić information content (AvgIpc) is 3.22. The number of likely N-dealkylation sites (tertiary alicyclic amines) is 2. The van der Waals surface area contributed by atoms with Crippen LogP contribution in [0.25, 0.3) is 0 Å². The minimum Gasteiger partial charge on any atom is -0.399 e. The van der Waals surface area contributed by atoms with Crippen LogP contribution in [0.15, 0.2) is 29.2 Å². The van der Waals surface area contributed by atoms with Gasteiger partial charge in [-0.2, -0.15) is 17.5 Å². The SMILES string of the molecule is Nc1ccc(S(=O)(=O)N(CCN2CCCC2)C2CCN(CCCC(F)(F)F)CC2)cc1. The molecule has 0 unspecified atom stereocenters. The van der Waals surface area contributed by atoms with Crippen molar-refractivity contribution < 1.29 is 21.6 Å². The van der Waals surface area contributed by atoms with E-state index in [1.54, 1.807) is 28.6 Å². The molecule has 0 spiro atoms. The first-order valence-corrected chi connectivity index (χ1v) is 12.5. The lowest BCUT2D eigenvalue weighted by Crippen LogP contribution is -2.49. The number of halogens is 3. The maximum atomic E-state index is 13.4. The largest absolute Gasteiger partial charge is 0.399 e. The van der Waals surface area contributed by atoms with Crippen molar-refractivity contribution in [3.63, 3.8) is 0 Å². The molecule has 2 fully saturated rings. The van der Waals surface area contributed by atoms with E-state index in [2.05, 4.69) is 4.90 Å². The van der Waals surface area contributed by atoms with E-state index in [0.29, 0.717) is 51.3 Å². The number of anilines is 1. The van der Waals surface area contributed by atoms with Gasteiger partial charge in [0.2, 0.25) is 10.0 Å². The molecule has 0 amide bonds. The molecular formula is C21H33F3N4O2S. The predicted octanol–water partition coefficient (Wildman–Crippen LogP) is 3.16. The summed E-state index contributed by atoms with van der Waals surface area (Å²) in [6, 6.07) is 6.12. The molecule has 2 saturated heterocycles. The van der Waals surface area contributed by atoms with Crippen LogP contribution in [0.5, 0.6) is 0 Å². The van der Waals surface area contributed by atoms with Crippen LogP contribution in [0.4, 0.5) is 18.9 Å². The van der Waals surface area contributed by atoms with E-state index in [1.165, 1.54) is 0 Å². The fourth-order valence-corrected chi connectivity index (χ4v) is 6.13. The van der Waals surface area contributed by atoms with Gasteiger partial charge in [-0.3, -0.25) is 0 Å². The Bertz CT molecular complexity index is 788. The second-order valence-corrected chi connectivity index (χ2v) is 10.4. The molecule has 0 bridgehead atoms. The highest BCUT2D eigenvalue weighted by Crippen LogP contribution is 2.26. The Morgan fingerprint density at radius 3 is 2.13 bits per heavy atom. The van der Waals surface area contributed by atoms with Crippen molar-refractivity contribution in [1.82, 2.24) is 14.1 Å². The molecule has 10 heteroatoms. The maximum Gasteiger partial charge on any atom is 0.389 e. The van der Waals surface area contributed by atoms with Gasteiger partial charge in [-0.1, -0.05) is 0 Å². The smallest absolute Gasteiger partial charge is 0.389 e. The monoisotopic (exact) mass is 462 g/mol. The Kier molecular flexibility index (Phi) is 8.23. The first-order valence-electron chi connectivity index (χ1n) is 11.0. The lowest BCUT2D eigenvalue weighted by atomic mass is 10.0. The molecule has 2 aliphatic rings. The molecule has 3 rings (SSSR count).